The van der Waals surface area contributed by atoms with Gasteiger partial charge in [0, 0.05) is 36.2 Å². The fraction of sp³-hybridized carbons (Fsp3) is 0.688. The van der Waals surface area contributed by atoms with E-state index >= 15 is 0 Å². The Balaban J connectivity index is 1.63. The second kappa shape index (κ2) is 9.02. The lowest BCUT2D eigenvalue weighted by molar-refractivity contribution is -0.150. The normalized spacial score (nSPS) is 25.2. The Morgan fingerprint density at radius 3 is 2.89 bits per heavy atom. The van der Waals surface area contributed by atoms with Gasteiger partial charge in [-0.2, -0.15) is 0 Å². The van der Waals surface area contributed by atoms with Gasteiger partial charge in [0.05, 0.1) is 25.8 Å². The van der Waals surface area contributed by atoms with Gasteiger partial charge in [-0.1, -0.05) is 5.11 Å². The number of hydrogen-bond acceptors (Lipinski definition) is 8. The largest absolute Gasteiger partial charge is 0.462 e. The Labute approximate surface area is 159 Å². The zero-order chi connectivity index (χ0) is 20.1. The zero-order valence-electron chi connectivity index (χ0n) is 15.4. The molecule has 152 valence electrons. The number of nitrogens with zero attached hydrogens (tertiary/aromatic N) is 5. The van der Waals surface area contributed by atoms with E-state index in [0.29, 0.717) is 31.9 Å². The SMILES string of the molecule is Cc1cn(C2CC(N=[N+]=[N-])C(COC(=O)CN3CCOCC3)O2)c(=O)[nH]c1=O. The number of hydrogen-bond donors (Lipinski definition) is 1. The molecule has 28 heavy (non-hydrogen) atoms. The molecule has 12 nitrogen and oxygen atoms in total. The molecule has 0 amide bonds. The number of ether oxygens (including phenoxy) is 3. The fourth-order valence-corrected chi connectivity index (χ4v) is 3.19. The third-order valence-electron chi connectivity index (χ3n) is 4.73. The van der Waals surface area contributed by atoms with E-state index in [2.05, 4.69) is 15.0 Å². The molecular weight excluding hydrogens is 372 g/mol. The van der Waals surface area contributed by atoms with Gasteiger partial charge in [-0.15, -0.1) is 0 Å². The Morgan fingerprint density at radius 1 is 1.43 bits per heavy atom. The average Bonchev–Trinajstić information content (AvgIpc) is 3.07. The van der Waals surface area contributed by atoms with E-state index in [4.69, 9.17) is 19.7 Å². The van der Waals surface area contributed by atoms with E-state index < -0.39 is 35.6 Å². The summed E-state index contributed by atoms with van der Waals surface area (Å²) in [5, 5.41) is 3.69. The number of rotatable bonds is 6. The molecule has 0 bridgehead atoms. The zero-order valence-corrected chi connectivity index (χ0v) is 15.4. The average molecular weight is 394 g/mol. The molecule has 3 heterocycles. The first-order valence-electron chi connectivity index (χ1n) is 8.95. The van der Waals surface area contributed by atoms with Gasteiger partial charge < -0.3 is 14.2 Å². The Bertz CT molecular complexity index is 869. The summed E-state index contributed by atoms with van der Waals surface area (Å²) in [7, 11) is 0. The smallest absolute Gasteiger partial charge is 0.330 e. The molecule has 3 rings (SSSR count). The Morgan fingerprint density at radius 2 is 2.18 bits per heavy atom. The monoisotopic (exact) mass is 394 g/mol. The van der Waals surface area contributed by atoms with Crippen LogP contribution in [0.15, 0.2) is 20.9 Å². The van der Waals surface area contributed by atoms with Gasteiger partial charge >= 0.3 is 11.7 Å². The van der Waals surface area contributed by atoms with Gasteiger partial charge in [0.2, 0.25) is 0 Å². The molecule has 0 spiro atoms. The van der Waals surface area contributed by atoms with Gasteiger partial charge in [-0.3, -0.25) is 24.0 Å². The molecule has 12 heteroatoms. The van der Waals surface area contributed by atoms with Crippen LogP contribution in [0.1, 0.15) is 18.2 Å². The van der Waals surface area contributed by atoms with Crippen LogP contribution in [0.4, 0.5) is 0 Å². The van der Waals surface area contributed by atoms with Crippen molar-refractivity contribution < 1.29 is 19.0 Å². The predicted octanol–water partition coefficient (Wildman–Crippen LogP) is -0.313. The molecule has 1 aromatic rings. The number of aromatic amines is 1. The molecule has 1 aromatic heterocycles. The second-order valence-corrected chi connectivity index (χ2v) is 6.69. The summed E-state index contributed by atoms with van der Waals surface area (Å²) < 4.78 is 17.6. The third-order valence-corrected chi connectivity index (χ3v) is 4.73. The molecule has 2 aliphatic heterocycles. The molecule has 1 N–H and O–H groups in total. The van der Waals surface area contributed by atoms with Crippen LogP contribution < -0.4 is 11.2 Å². The summed E-state index contributed by atoms with van der Waals surface area (Å²) in [6.45, 7) is 4.09. The number of H-pyrrole nitrogens is 1. The highest BCUT2D eigenvalue weighted by molar-refractivity contribution is 5.71. The number of morpholine rings is 1. The van der Waals surface area contributed by atoms with Crippen molar-refractivity contribution in [2.45, 2.75) is 31.7 Å². The van der Waals surface area contributed by atoms with E-state index in [0.717, 1.165) is 0 Å². The van der Waals surface area contributed by atoms with Crippen LogP contribution in [0.2, 0.25) is 0 Å². The maximum Gasteiger partial charge on any atom is 0.330 e. The summed E-state index contributed by atoms with van der Waals surface area (Å²) in [6, 6.07) is -0.606. The molecule has 2 aliphatic rings. The highest BCUT2D eigenvalue weighted by Gasteiger charge is 2.37. The molecule has 3 atom stereocenters. The van der Waals surface area contributed by atoms with Crippen LogP contribution in [0.25, 0.3) is 10.4 Å². The standard InChI is InChI=1S/C16H22N6O6/c1-10-7-22(16(25)18-15(10)24)13-6-11(19-20-17)12(28-13)9-27-14(23)8-21-2-4-26-5-3-21/h7,11-13H,2-6,8-9H2,1H3,(H,18,24,25). The van der Waals surface area contributed by atoms with Gasteiger partial charge in [-0.05, 0) is 12.5 Å². The number of azide groups is 1. The highest BCUT2D eigenvalue weighted by atomic mass is 16.6. The molecule has 0 aliphatic carbocycles. The summed E-state index contributed by atoms with van der Waals surface area (Å²) >= 11 is 0. The molecular formula is C16H22N6O6. The predicted molar refractivity (Wildman–Crippen MR) is 95.7 cm³/mol. The quantitative estimate of drug-likeness (QED) is 0.300. The number of nitrogens with one attached hydrogen (secondary N) is 1. The Kier molecular flexibility index (Phi) is 6.47. The fourth-order valence-electron chi connectivity index (χ4n) is 3.19. The van der Waals surface area contributed by atoms with E-state index in [1.807, 2.05) is 4.90 Å². The van der Waals surface area contributed by atoms with E-state index in [1.54, 1.807) is 6.92 Å². The number of esters is 1. The van der Waals surface area contributed by atoms with Crippen molar-refractivity contribution >= 4 is 5.97 Å². The lowest BCUT2D eigenvalue weighted by Crippen LogP contribution is -2.40. The van der Waals surface area contributed by atoms with Crippen LogP contribution in [-0.4, -0.2) is 72.0 Å². The van der Waals surface area contributed by atoms with Crippen molar-refractivity contribution in [3.05, 3.63) is 43.0 Å². The van der Waals surface area contributed by atoms with Crippen LogP contribution in [0, 0.1) is 6.92 Å². The van der Waals surface area contributed by atoms with Crippen molar-refractivity contribution in [1.29, 1.82) is 0 Å². The molecule has 2 saturated heterocycles. The lowest BCUT2D eigenvalue weighted by Gasteiger charge is -2.25. The summed E-state index contributed by atoms with van der Waals surface area (Å²) in [4.78, 5) is 42.6. The first-order valence-corrected chi connectivity index (χ1v) is 8.95. The molecule has 0 saturated carbocycles. The van der Waals surface area contributed by atoms with Crippen LogP contribution in [-0.2, 0) is 19.0 Å². The molecule has 3 unspecified atom stereocenters. The van der Waals surface area contributed by atoms with Gasteiger partial charge in [0.1, 0.15) is 18.9 Å². The topological polar surface area (TPSA) is 152 Å². The van der Waals surface area contributed by atoms with Crippen molar-refractivity contribution in [1.82, 2.24) is 14.5 Å². The molecule has 0 aromatic carbocycles. The van der Waals surface area contributed by atoms with E-state index in [-0.39, 0.29) is 19.6 Å². The van der Waals surface area contributed by atoms with Gasteiger partial charge in [0.25, 0.3) is 5.56 Å². The second-order valence-electron chi connectivity index (χ2n) is 6.69. The van der Waals surface area contributed by atoms with Crippen molar-refractivity contribution in [3.8, 4) is 0 Å². The van der Waals surface area contributed by atoms with Crippen molar-refractivity contribution in [2.24, 2.45) is 5.11 Å². The van der Waals surface area contributed by atoms with Crippen molar-refractivity contribution in [3.63, 3.8) is 0 Å². The van der Waals surface area contributed by atoms with Crippen molar-refractivity contribution in [2.75, 3.05) is 39.5 Å². The minimum atomic E-state index is -0.735. The Hall–Kier alpha value is -2.66. The maximum atomic E-state index is 12.1. The van der Waals surface area contributed by atoms with Crippen LogP contribution in [0.5, 0.6) is 0 Å². The first-order chi connectivity index (χ1) is 13.5. The van der Waals surface area contributed by atoms with Crippen LogP contribution >= 0.6 is 0 Å². The van der Waals surface area contributed by atoms with Crippen LogP contribution in [0.3, 0.4) is 0 Å². The minimum Gasteiger partial charge on any atom is -0.462 e. The van der Waals surface area contributed by atoms with Gasteiger partial charge in [0.15, 0.2) is 0 Å². The molecule has 0 radical (unpaired) electrons. The molecule has 2 fully saturated rings. The van der Waals surface area contributed by atoms with Gasteiger partial charge in [-0.25, -0.2) is 4.79 Å². The summed E-state index contributed by atoms with van der Waals surface area (Å²) in [5.41, 5.74) is 8.05. The number of aromatic nitrogens is 2. The van der Waals surface area contributed by atoms with E-state index in [1.165, 1.54) is 10.8 Å². The maximum absolute atomic E-state index is 12.1. The summed E-state index contributed by atoms with van der Waals surface area (Å²) in [6.07, 6.45) is 0.197. The number of carbonyl (C=O) groups excluding carboxylic acids is 1. The first kappa shape index (κ1) is 20.1. The lowest BCUT2D eigenvalue weighted by atomic mass is 10.1. The highest BCUT2D eigenvalue weighted by Crippen LogP contribution is 2.30. The van der Waals surface area contributed by atoms with E-state index in [9.17, 15) is 14.4 Å². The number of aryl methyl sites for hydroxylation is 1. The summed E-state index contributed by atoms with van der Waals surface area (Å²) in [5.74, 6) is -0.411. The minimum absolute atomic E-state index is 0.0968. The third kappa shape index (κ3) is 4.78. The number of carbonyl (C=O) groups is 1.